The van der Waals surface area contributed by atoms with Crippen LogP contribution in [0, 0.1) is 18.7 Å². The number of hydrogen-bond acceptors (Lipinski definition) is 2. The Balaban J connectivity index is 3.00. The first kappa shape index (κ1) is 20.0. The Morgan fingerprint density at radius 3 is 2.70 bits per heavy atom. The van der Waals surface area contributed by atoms with Crippen molar-refractivity contribution in [3.63, 3.8) is 0 Å². The van der Waals surface area contributed by atoms with Gasteiger partial charge in [-0.25, -0.2) is 4.39 Å². The van der Waals surface area contributed by atoms with Crippen LogP contribution in [0.3, 0.4) is 0 Å². The summed E-state index contributed by atoms with van der Waals surface area (Å²) >= 11 is 1.58. The molecule has 0 radical (unpaired) electrons. The third kappa shape index (κ3) is 5.82. The van der Waals surface area contributed by atoms with Gasteiger partial charge >= 0.3 is 0 Å². The smallest absolute Gasteiger partial charge is 0.130 e. The number of allylic oxidation sites excluding steroid dienone is 3. The van der Waals surface area contributed by atoms with Crippen LogP contribution in [0.5, 0.6) is 0 Å². The van der Waals surface area contributed by atoms with E-state index < -0.39 is 0 Å². The molecule has 1 aromatic carbocycles. The van der Waals surface area contributed by atoms with Gasteiger partial charge < -0.3 is 0 Å². The van der Waals surface area contributed by atoms with Crippen LogP contribution >= 0.6 is 11.9 Å². The van der Waals surface area contributed by atoms with Gasteiger partial charge in [-0.3, -0.25) is 4.72 Å². The van der Waals surface area contributed by atoms with E-state index in [1.54, 1.807) is 11.9 Å². The summed E-state index contributed by atoms with van der Waals surface area (Å²) in [5, 5.41) is 0.0886. The minimum Gasteiger partial charge on any atom is -0.267 e. The number of hydrogen-bond donors (Lipinski definition) is 1. The molecule has 0 fully saturated rings. The second kappa shape index (κ2) is 10.7. The van der Waals surface area contributed by atoms with Crippen molar-refractivity contribution in [2.45, 2.75) is 51.7 Å². The number of benzene rings is 1. The third-order valence-electron chi connectivity index (χ3n) is 4.12. The van der Waals surface area contributed by atoms with Crippen molar-refractivity contribution in [3.05, 3.63) is 59.4 Å². The molecule has 1 rings (SSSR count). The molecule has 0 spiro atoms. The topological polar surface area (TPSA) is 12.0 Å². The molecule has 0 aromatic heterocycles. The molecule has 1 nitrogen and oxygen atoms in total. The Hall–Kier alpha value is -1.06. The SMILES string of the molecule is C=CCC(C)C(SNC)c1ccc(CC/C=C\CC)c(C)c1F. The number of halogens is 1. The highest BCUT2D eigenvalue weighted by Gasteiger charge is 2.23. The summed E-state index contributed by atoms with van der Waals surface area (Å²) in [5.74, 6) is 0.280. The van der Waals surface area contributed by atoms with Crippen molar-refractivity contribution in [2.24, 2.45) is 5.92 Å². The Bertz CT molecular complexity index is 525. The van der Waals surface area contributed by atoms with Crippen LogP contribution in [0.15, 0.2) is 36.9 Å². The van der Waals surface area contributed by atoms with E-state index in [0.29, 0.717) is 5.92 Å². The van der Waals surface area contributed by atoms with Crippen LogP contribution in [0.1, 0.15) is 55.1 Å². The van der Waals surface area contributed by atoms with Gasteiger partial charge in [0.15, 0.2) is 0 Å². The molecule has 2 atom stereocenters. The zero-order valence-corrected chi connectivity index (χ0v) is 15.7. The zero-order valence-electron chi connectivity index (χ0n) is 14.9. The van der Waals surface area contributed by atoms with Gasteiger partial charge in [0.1, 0.15) is 5.82 Å². The van der Waals surface area contributed by atoms with E-state index in [0.717, 1.165) is 42.4 Å². The van der Waals surface area contributed by atoms with E-state index in [1.807, 2.05) is 26.1 Å². The molecule has 0 heterocycles. The Morgan fingerprint density at radius 1 is 1.35 bits per heavy atom. The van der Waals surface area contributed by atoms with Crippen molar-refractivity contribution < 1.29 is 4.39 Å². The molecule has 0 aliphatic rings. The van der Waals surface area contributed by atoms with Crippen LogP contribution in [0.2, 0.25) is 0 Å². The molecule has 23 heavy (non-hydrogen) atoms. The molecule has 0 bridgehead atoms. The summed E-state index contributed by atoms with van der Waals surface area (Å²) in [6, 6.07) is 4.06. The van der Waals surface area contributed by atoms with Gasteiger partial charge in [0.2, 0.25) is 0 Å². The zero-order chi connectivity index (χ0) is 17.2. The monoisotopic (exact) mass is 335 g/mol. The van der Waals surface area contributed by atoms with E-state index in [1.165, 1.54) is 0 Å². The van der Waals surface area contributed by atoms with E-state index in [4.69, 9.17) is 0 Å². The standard InChI is InChI=1S/C20H30FNS/c1-6-8-9-10-12-17-13-14-18(19(21)16(17)4)20(23-22-5)15(3)11-7-2/h7-9,13-15,20,22H,2,6,10-12H2,1,3-5H3/b9-8-. The molecular weight excluding hydrogens is 305 g/mol. The summed E-state index contributed by atoms with van der Waals surface area (Å²) in [7, 11) is 1.89. The first-order valence-electron chi connectivity index (χ1n) is 8.42. The molecule has 1 N–H and O–H groups in total. The van der Waals surface area contributed by atoms with Crippen molar-refractivity contribution in [1.82, 2.24) is 4.72 Å². The summed E-state index contributed by atoms with van der Waals surface area (Å²) in [4.78, 5) is 0. The van der Waals surface area contributed by atoms with Gasteiger partial charge in [-0.1, -0.05) is 56.2 Å². The van der Waals surface area contributed by atoms with Gasteiger partial charge in [-0.05, 0) is 56.7 Å². The minimum atomic E-state index is -0.0503. The molecule has 0 amide bonds. The largest absolute Gasteiger partial charge is 0.267 e. The molecule has 1 aromatic rings. The highest BCUT2D eigenvalue weighted by molar-refractivity contribution is 7.97. The maximum atomic E-state index is 14.9. The first-order valence-corrected chi connectivity index (χ1v) is 9.30. The average molecular weight is 336 g/mol. The normalized spacial score (nSPS) is 14.1. The lowest BCUT2D eigenvalue weighted by molar-refractivity contribution is 0.534. The van der Waals surface area contributed by atoms with Gasteiger partial charge in [-0.15, -0.1) is 6.58 Å². The van der Waals surface area contributed by atoms with Gasteiger partial charge in [0, 0.05) is 10.8 Å². The van der Waals surface area contributed by atoms with Gasteiger partial charge in [0.05, 0.1) is 0 Å². The average Bonchev–Trinajstić information content (AvgIpc) is 2.54. The molecule has 128 valence electrons. The van der Waals surface area contributed by atoms with E-state index in [-0.39, 0.29) is 11.1 Å². The molecule has 0 aliphatic heterocycles. The van der Waals surface area contributed by atoms with Crippen molar-refractivity contribution in [3.8, 4) is 0 Å². The molecule has 0 aliphatic carbocycles. The maximum absolute atomic E-state index is 14.9. The van der Waals surface area contributed by atoms with Crippen molar-refractivity contribution in [2.75, 3.05) is 7.05 Å². The molecular formula is C20H30FNS. The van der Waals surface area contributed by atoms with Gasteiger partial charge in [0.25, 0.3) is 0 Å². The second-order valence-corrected chi connectivity index (χ2v) is 7.07. The fourth-order valence-corrected chi connectivity index (χ4v) is 3.67. The number of rotatable bonds is 10. The second-order valence-electron chi connectivity index (χ2n) is 5.92. The highest BCUT2D eigenvalue weighted by atomic mass is 32.2. The van der Waals surface area contributed by atoms with Crippen LogP contribution in [0.25, 0.3) is 0 Å². The van der Waals surface area contributed by atoms with Gasteiger partial charge in [-0.2, -0.15) is 0 Å². The lowest BCUT2D eigenvalue weighted by atomic mass is 9.93. The lowest BCUT2D eigenvalue weighted by Crippen LogP contribution is -2.13. The summed E-state index contributed by atoms with van der Waals surface area (Å²) in [6.45, 7) is 9.98. The molecule has 2 unspecified atom stereocenters. The molecule has 0 saturated heterocycles. The van der Waals surface area contributed by atoms with Crippen molar-refractivity contribution >= 4 is 11.9 Å². The predicted molar refractivity (Wildman–Crippen MR) is 102 cm³/mol. The van der Waals surface area contributed by atoms with Crippen LogP contribution in [0.4, 0.5) is 4.39 Å². The molecule has 0 saturated carbocycles. The minimum absolute atomic E-state index is 0.0503. The Labute approximate surface area is 145 Å². The summed E-state index contributed by atoms with van der Waals surface area (Å²) < 4.78 is 18.0. The third-order valence-corrected chi connectivity index (χ3v) is 5.33. The Morgan fingerprint density at radius 2 is 2.09 bits per heavy atom. The van der Waals surface area contributed by atoms with E-state index >= 15 is 0 Å². The number of nitrogens with one attached hydrogen (secondary N) is 1. The van der Waals surface area contributed by atoms with E-state index in [2.05, 4.69) is 43.4 Å². The Kier molecular flexibility index (Phi) is 9.27. The van der Waals surface area contributed by atoms with Crippen LogP contribution in [-0.2, 0) is 6.42 Å². The fraction of sp³-hybridized carbons (Fsp3) is 0.500. The summed E-state index contributed by atoms with van der Waals surface area (Å²) in [6.07, 6.45) is 10.0. The quantitative estimate of drug-likeness (QED) is 0.406. The van der Waals surface area contributed by atoms with Crippen molar-refractivity contribution in [1.29, 1.82) is 0 Å². The first-order chi connectivity index (χ1) is 11.1. The lowest BCUT2D eigenvalue weighted by Gasteiger charge is -2.24. The summed E-state index contributed by atoms with van der Waals surface area (Å²) in [5.41, 5.74) is 2.69. The number of aryl methyl sites for hydroxylation is 1. The fourth-order valence-electron chi connectivity index (χ4n) is 2.76. The van der Waals surface area contributed by atoms with Crippen LogP contribution < -0.4 is 4.72 Å². The molecule has 3 heteroatoms. The predicted octanol–water partition coefficient (Wildman–Crippen LogP) is 6.15. The van der Waals surface area contributed by atoms with Crippen LogP contribution in [-0.4, -0.2) is 7.05 Å². The highest BCUT2D eigenvalue weighted by Crippen LogP contribution is 2.38. The maximum Gasteiger partial charge on any atom is 0.130 e. The van der Waals surface area contributed by atoms with E-state index in [9.17, 15) is 4.39 Å².